The molecule has 1 heterocycles. The number of rotatable bonds is 6. The van der Waals surface area contributed by atoms with Gasteiger partial charge in [0.15, 0.2) is 0 Å². The van der Waals surface area contributed by atoms with E-state index in [-0.39, 0.29) is 0 Å². The number of thiol groups is 1. The van der Waals surface area contributed by atoms with Crippen LogP contribution >= 0.6 is 0 Å². The number of hydrogen-bond acceptors (Lipinski definition) is 3. The summed E-state index contributed by atoms with van der Waals surface area (Å²) in [6.45, 7) is 7.11. The van der Waals surface area contributed by atoms with Gasteiger partial charge < -0.3 is 4.90 Å². The van der Waals surface area contributed by atoms with Crippen LogP contribution in [0.4, 0.5) is 0 Å². The standard InChI is InChI=1S/C11H22NO2S/c1-2-4-11-5-8-12(9-6-11)7-3-10-15(13)14/h11,15H,1-10H2. The van der Waals surface area contributed by atoms with E-state index in [2.05, 4.69) is 11.8 Å². The highest BCUT2D eigenvalue weighted by Gasteiger charge is 2.17. The van der Waals surface area contributed by atoms with E-state index in [4.69, 9.17) is 0 Å². The maximum Gasteiger partial charge on any atom is 0.140 e. The third-order valence-corrected chi connectivity index (χ3v) is 3.82. The lowest BCUT2D eigenvalue weighted by molar-refractivity contribution is 0.180. The number of hydrogen-bond donors (Lipinski definition) is 1. The van der Waals surface area contributed by atoms with Crippen molar-refractivity contribution in [3.63, 3.8) is 0 Å². The second kappa shape index (κ2) is 7.23. The number of nitrogens with zero attached hydrogens (tertiary/aromatic N) is 1. The average molecular weight is 232 g/mol. The van der Waals surface area contributed by atoms with Crippen molar-refractivity contribution in [2.75, 3.05) is 25.4 Å². The van der Waals surface area contributed by atoms with Crippen molar-refractivity contribution in [1.29, 1.82) is 0 Å². The molecule has 0 saturated carbocycles. The summed E-state index contributed by atoms with van der Waals surface area (Å²) in [6.07, 6.45) is 5.61. The molecule has 0 unspecified atom stereocenters. The van der Waals surface area contributed by atoms with Crippen molar-refractivity contribution in [2.24, 2.45) is 5.92 Å². The van der Waals surface area contributed by atoms with Crippen LogP contribution in [-0.2, 0) is 10.7 Å². The Hall–Kier alpha value is -0.0900. The van der Waals surface area contributed by atoms with E-state index in [9.17, 15) is 8.42 Å². The predicted octanol–water partition coefficient (Wildman–Crippen LogP) is 1.31. The summed E-state index contributed by atoms with van der Waals surface area (Å²) in [7, 11) is -2.18. The van der Waals surface area contributed by atoms with E-state index < -0.39 is 10.7 Å². The Morgan fingerprint density at radius 2 is 1.93 bits per heavy atom. The van der Waals surface area contributed by atoms with Crippen LogP contribution in [-0.4, -0.2) is 38.7 Å². The monoisotopic (exact) mass is 232 g/mol. The molecule has 0 atom stereocenters. The Bertz CT molecular complexity index is 225. The lowest BCUT2D eigenvalue weighted by atomic mass is 9.92. The van der Waals surface area contributed by atoms with Crippen molar-refractivity contribution >= 4 is 10.7 Å². The Morgan fingerprint density at radius 3 is 2.47 bits per heavy atom. The fraction of sp³-hybridized carbons (Fsp3) is 0.909. The lowest BCUT2D eigenvalue weighted by Crippen LogP contribution is -2.34. The van der Waals surface area contributed by atoms with Crippen molar-refractivity contribution < 1.29 is 8.42 Å². The molecule has 1 radical (unpaired) electrons. The normalized spacial score (nSPS) is 19.9. The quantitative estimate of drug-likeness (QED) is 0.702. The van der Waals surface area contributed by atoms with Gasteiger partial charge in [0.05, 0.1) is 0 Å². The summed E-state index contributed by atoms with van der Waals surface area (Å²) < 4.78 is 20.8. The highest BCUT2D eigenvalue weighted by atomic mass is 32.2. The van der Waals surface area contributed by atoms with Crippen LogP contribution in [0.2, 0.25) is 0 Å². The van der Waals surface area contributed by atoms with Gasteiger partial charge in [-0.05, 0) is 44.8 Å². The zero-order valence-corrected chi connectivity index (χ0v) is 10.3. The first kappa shape index (κ1) is 13.0. The molecule has 1 rings (SSSR count). The second-order valence-electron chi connectivity index (χ2n) is 4.34. The molecule has 0 bridgehead atoms. The first-order valence-corrected chi connectivity index (χ1v) is 7.22. The fourth-order valence-electron chi connectivity index (χ4n) is 2.21. The first-order valence-electron chi connectivity index (χ1n) is 5.85. The van der Waals surface area contributed by atoms with Gasteiger partial charge in [-0.3, -0.25) is 0 Å². The molecule has 4 heteroatoms. The third kappa shape index (κ3) is 5.52. The largest absolute Gasteiger partial charge is 0.303 e. The molecule has 1 fully saturated rings. The van der Waals surface area contributed by atoms with Crippen molar-refractivity contribution in [3.05, 3.63) is 6.92 Å². The molecule has 0 amide bonds. The Morgan fingerprint density at radius 1 is 1.27 bits per heavy atom. The van der Waals surface area contributed by atoms with Gasteiger partial charge in [0.1, 0.15) is 10.7 Å². The summed E-state index contributed by atoms with van der Waals surface area (Å²) in [5, 5.41) is 0. The highest BCUT2D eigenvalue weighted by Crippen LogP contribution is 2.21. The third-order valence-electron chi connectivity index (χ3n) is 3.13. The molecule has 1 saturated heterocycles. The number of piperidine rings is 1. The lowest BCUT2D eigenvalue weighted by Gasteiger charge is -2.31. The highest BCUT2D eigenvalue weighted by molar-refractivity contribution is 7.72. The van der Waals surface area contributed by atoms with Crippen molar-refractivity contribution in [3.8, 4) is 0 Å². The van der Waals surface area contributed by atoms with E-state index >= 15 is 0 Å². The van der Waals surface area contributed by atoms with Crippen LogP contribution < -0.4 is 0 Å². The summed E-state index contributed by atoms with van der Waals surface area (Å²) >= 11 is 0. The van der Waals surface area contributed by atoms with E-state index in [1.54, 1.807) is 0 Å². The molecular weight excluding hydrogens is 210 g/mol. The van der Waals surface area contributed by atoms with Crippen LogP contribution in [0.1, 0.15) is 32.1 Å². The zero-order chi connectivity index (χ0) is 11.1. The summed E-state index contributed by atoms with van der Waals surface area (Å²) in [5.41, 5.74) is 0. The van der Waals surface area contributed by atoms with E-state index in [1.165, 1.54) is 19.3 Å². The molecule has 15 heavy (non-hydrogen) atoms. The van der Waals surface area contributed by atoms with Crippen molar-refractivity contribution in [1.82, 2.24) is 4.90 Å². The first-order chi connectivity index (χ1) is 7.22. The topological polar surface area (TPSA) is 37.4 Å². The Labute approximate surface area is 94.8 Å². The van der Waals surface area contributed by atoms with Gasteiger partial charge in [-0.1, -0.05) is 19.8 Å². The molecular formula is C11H22NO2S. The minimum Gasteiger partial charge on any atom is -0.303 e. The van der Waals surface area contributed by atoms with Gasteiger partial charge in [0.25, 0.3) is 0 Å². The van der Waals surface area contributed by atoms with Gasteiger partial charge in [-0.25, -0.2) is 8.42 Å². The molecule has 0 aromatic heterocycles. The Balaban J connectivity index is 2.09. The van der Waals surface area contributed by atoms with E-state index in [0.717, 1.165) is 38.4 Å². The van der Waals surface area contributed by atoms with Crippen LogP contribution in [0.25, 0.3) is 0 Å². The van der Waals surface area contributed by atoms with Crippen LogP contribution in [0.5, 0.6) is 0 Å². The maximum absolute atomic E-state index is 10.4. The van der Waals surface area contributed by atoms with Gasteiger partial charge in [-0.15, -0.1) is 0 Å². The summed E-state index contributed by atoms with van der Waals surface area (Å²) in [4.78, 5) is 2.39. The average Bonchev–Trinajstić information content (AvgIpc) is 2.20. The molecule has 0 aromatic carbocycles. The molecule has 3 nitrogen and oxygen atoms in total. The minimum absolute atomic E-state index is 0.341. The Kier molecular flexibility index (Phi) is 6.25. The van der Waals surface area contributed by atoms with E-state index in [0.29, 0.717) is 5.75 Å². The summed E-state index contributed by atoms with van der Waals surface area (Å²) in [5.74, 6) is 1.20. The second-order valence-corrected chi connectivity index (χ2v) is 5.45. The van der Waals surface area contributed by atoms with Crippen molar-refractivity contribution in [2.45, 2.75) is 32.1 Å². The molecule has 0 aliphatic carbocycles. The zero-order valence-electron chi connectivity index (χ0n) is 9.36. The molecule has 89 valence electrons. The van der Waals surface area contributed by atoms with Gasteiger partial charge >= 0.3 is 0 Å². The van der Waals surface area contributed by atoms with Gasteiger partial charge in [0, 0.05) is 5.75 Å². The van der Waals surface area contributed by atoms with Gasteiger partial charge in [0.2, 0.25) is 0 Å². The maximum atomic E-state index is 10.4. The van der Waals surface area contributed by atoms with Crippen LogP contribution in [0.3, 0.4) is 0 Å². The van der Waals surface area contributed by atoms with Gasteiger partial charge in [-0.2, -0.15) is 0 Å². The van der Waals surface area contributed by atoms with Crippen LogP contribution in [0, 0.1) is 12.8 Å². The summed E-state index contributed by atoms with van der Waals surface area (Å²) in [6, 6.07) is 0. The molecule has 1 aliphatic rings. The smallest absolute Gasteiger partial charge is 0.140 e. The molecule has 0 N–H and O–H groups in total. The van der Waals surface area contributed by atoms with E-state index in [1.807, 2.05) is 0 Å². The number of likely N-dealkylation sites (tertiary alicyclic amines) is 1. The predicted molar refractivity (Wildman–Crippen MR) is 63.6 cm³/mol. The minimum atomic E-state index is -2.18. The molecule has 0 aromatic rings. The fourth-order valence-corrected chi connectivity index (χ4v) is 2.61. The molecule has 0 spiro atoms. The van der Waals surface area contributed by atoms with Crippen LogP contribution in [0.15, 0.2) is 0 Å². The molecule has 1 aliphatic heterocycles. The SMILES string of the molecule is [CH2]CCC1CCN(CCC[SH](=O)=O)CC1.